The maximum Gasteiger partial charge on any atom is 0.408 e. The molecule has 6 atom stereocenters. The predicted octanol–water partition coefficient (Wildman–Crippen LogP) is 5.97. The number of rotatable bonds is 2. The molecule has 166 valence electrons. The molecule has 0 aromatic heterocycles. The number of amides is 1. The van der Waals surface area contributed by atoms with Crippen LogP contribution in [0.25, 0.3) is 0 Å². The van der Waals surface area contributed by atoms with Crippen LogP contribution in [0.5, 0.6) is 0 Å². The molecule has 0 spiro atoms. The van der Waals surface area contributed by atoms with Gasteiger partial charge in [0.15, 0.2) is 5.78 Å². The smallest absolute Gasteiger partial charge is 0.408 e. The van der Waals surface area contributed by atoms with E-state index in [9.17, 15) is 9.59 Å². The molecular weight excluding hydrogens is 374 g/mol. The zero-order valence-corrected chi connectivity index (χ0v) is 19.6. The Bertz CT molecular complexity index is 806. The number of alkyl carbamates (subject to hydrolysis) is 1. The van der Waals surface area contributed by atoms with E-state index in [1.807, 2.05) is 26.8 Å². The first-order valence-corrected chi connectivity index (χ1v) is 11.9. The van der Waals surface area contributed by atoms with Crippen molar-refractivity contribution in [1.29, 1.82) is 0 Å². The highest BCUT2D eigenvalue weighted by Crippen LogP contribution is 2.68. The number of allylic oxidation sites excluding steroid dienone is 4. The summed E-state index contributed by atoms with van der Waals surface area (Å²) in [6, 6.07) is 0. The second-order valence-corrected chi connectivity index (χ2v) is 11.7. The highest BCUT2D eigenvalue weighted by Gasteiger charge is 2.65. The number of hydrogen-bond acceptors (Lipinski definition) is 3. The highest BCUT2D eigenvalue weighted by atomic mass is 16.6. The van der Waals surface area contributed by atoms with Gasteiger partial charge in [0.25, 0.3) is 0 Å². The van der Waals surface area contributed by atoms with Gasteiger partial charge in [-0.1, -0.05) is 32.4 Å². The highest BCUT2D eigenvalue weighted by molar-refractivity contribution is 6.01. The van der Waals surface area contributed by atoms with Crippen molar-refractivity contribution in [2.75, 3.05) is 0 Å². The average Bonchev–Trinajstić information content (AvgIpc) is 2.93. The predicted molar refractivity (Wildman–Crippen MR) is 119 cm³/mol. The van der Waals surface area contributed by atoms with Gasteiger partial charge < -0.3 is 10.1 Å². The van der Waals surface area contributed by atoms with Gasteiger partial charge in [-0.05, 0) is 95.6 Å². The van der Waals surface area contributed by atoms with Crippen molar-refractivity contribution in [1.82, 2.24) is 5.32 Å². The van der Waals surface area contributed by atoms with Crippen LogP contribution >= 0.6 is 0 Å². The first kappa shape index (κ1) is 21.6. The Balaban J connectivity index is 1.61. The number of ketones is 1. The molecule has 3 unspecified atom stereocenters. The maximum atomic E-state index is 12.8. The van der Waals surface area contributed by atoms with Crippen molar-refractivity contribution in [3.8, 4) is 0 Å². The molecule has 0 radical (unpaired) electrons. The molecule has 30 heavy (non-hydrogen) atoms. The van der Waals surface area contributed by atoms with Crippen molar-refractivity contribution >= 4 is 11.9 Å². The van der Waals surface area contributed by atoms with E-state index >= 15 is 0 Å². The SMILES string of the molecule is CC[C@]1(OC(=O)NC(C)(C)C)CCC2C3CCC4=CC(=O)C=C[C@]4(C)C3CC[C@@]21C. The van der Waals surface area contributed by atoms with Gasteiger partial charge in [-0.3, -0.25) is 4.79 Å². The Morgan fingerprint density at radius 1 is 1.17 bits per heavy atom. The third-order valence-electron chi connectivity index (χ3n) is 9.18. The van der Waals surface area contributed by atoms with Gasteiger partial charge in [-0.25, -0.2) is 4.79 Å². The molecule has 0 saturated heterocycles. The maximum absolute atomic E-state index is 12.8. The fourth-order valence-corrected chi connectivity index (χ4v) is 7.62. The lowest BCUT2D eigenvalue weighted by Gasteiger charge is -2.58. The van der Waals surface area contributed by atoms with E-state index in [0.717, 1.165) is 44.9 Å². The minimum atomic E-state index is -0.382. The van der Waals surface area contributed by atoms with Crippen LogP contribution in [0.4, 0.5) is 4.79 Å². The number of ether oxygens (including phenoxy) is 1. The van der Waals surface area contributed by atoms with Crippen molar-refractivity contribution in [3.63, 3.8) is 0 Å². The third-order valence-corrected chi connectivity index (χ3v) is 9.18. The largest absolute Gasteiger partial charge is 0.442 e. The summed E-state index contributed by atoms with van der Waals surface area (Å²) in [5, 5.41) is 3.01. The Hall–Kier alpha value is -1.58. The Morgan fingerprint density at radius 2 is 1.87 bits per heavy atom. The summed E-state index contributed by atoms with van der Waals surface area (Å²) in [5.41, 5.74) is 0.686. The van der Waals surface area contributed by atoms with Gasteiger partial charge in [0.05, 0.1) is 0 Å². The molecule has 4 nitrogen and oxygen atoms in total. The molecule has 3 fully saturated rings. The molecule has 4 heteroatoms. The molecule has 1 amide bonds. The summed E-state index contributed by atoms with van der Waals surface area (Å²) in [7, 11) is 0. The number of hydrogen-bond donors (Lipinski definition) is 1. The number of carbonyl (C=O) groups excluding carboxylic acids is 2. The zero-order chi connectivity index (χ0) is 21.9. The van der Waals surface area contributed by atoms with E-state index in [1.165, 1.54) is 5.57 Å². The Labute approximate surface area is 181 Å². The fourth-order valence-electron chi connectivity index (χ4n) is 7.62. The van der Waals surface area contributed by atoms with Crippen LogP contribution in [-0.4, -0.2) is 23.0 Å². The van der Waals surface area contributed by atoms with Crippen LogP contribution in [0, 0.1) is 28.6 Å². The monoisotopic (exact) mass is 413 g/mol. The molecule has 4 rings (SSSR count). The van der Waals surface area contributed by atoms with Crippen LogP contribution in [0.2, 0.25) is 0 Å². The van der Waals surface area contributed by atoms with E-state index in [4.69, 9.17) is 4.74 Å². The van der Waals surface area contributed by atoms with Gasteiger partial charge in [0.1, 0.15) is 5.60 Å². The molecule has 4 aliphatic rings. The molecule has 0 aliphatic heterocycles. The summed E-state index contributed by atoms with van der Waals surface area (Å²) in [4.78, 5) is 24.7. The molecule has 4 aliphatic carbocycles. The zero-order valence-electron chi connectivity index (χ0n) is 19.6. The number of fused-ring (bicyclic) bond motifs is 5. The van der Waals surface area contributed by atoms with Gasteiger partial charge in [0.2, 0.25) is 0 Å². The third kappa shape index (κ3) is 3.17. The van der Waals surface area contributed by atoms with Gasteiger partial charge in [-0.15, -0.1) is 0 Å². The van der Waals surface area contributed by atoms with E-state index in [1.54, 1.807) is 6.08 Å². The molecule has 0 aromatic rings. The lowest BCUT2D eigenvalue weighted by Crippen LogP contribution is -2.56. The van der Waals surface area contributed by atoms with Crippen molar-refractivity contribution in [2.45, 2.75) is 97.6 Å². The van der Waals surface area contributed by atoms with Gasteiger partial charge in [0, 0.05) is 16.4 Å². The standard InChI is InChI=1S/C26H39NO3/c1-7-26(30-22(29)27-23(2,3)4)15-12-21-19-9-8-17-16-18(28)10-13-24(17,5)20(19)11-14-25(21,26)6/h10,13,16,19-21H,7-9,11-12,14-15H2,1-6H3,(H,27,29)/t19?,20?,21?,24-,25-,26-/m0/s1. The summed E-state index contributed by atoms with van der Waals surface area (Å²) < 4.78 is 6.30. The molecule has 0 aromatic carbocycles. The summed E-state index contributed by atoms with van der Waals surface area (Å²) >= 11 is 0. The molecular formula is C26H39NO3. The van der Waals surface area contributed by atoms with E-state index in [2.05, 4.69) is 32.2 Å². The average molecular weight is 414 g/mol. The summed E-state index contributed by atoms with van der Waals surface area (Å²) in [5.74, 6) is 1.93. The van der Waals surface area contributed by atoms with Crippen LogP contribution in [0.15, 0.2) is 23.8 Å². The number of nitrogens with one attached hydrogen (secondary N) is 1. The molecule has 0 heterocycles. The molecule has 1 N–H and O–H groups in total. The summed E-state index contributed by atoms with van der Waals surface area (Å²) in [6.45, 7) is 12.9. The molecule has 3 saturated carbocycles. The normalized spacial score (nSPS) is 42.7. The second-order valence-electron chi connectivity index (χ2n) is 11.7. The van der Waals surface area contributed by atoms with Crippen LogP contribution in [0.1, 0.15) is 86.5 Å². The first-order valence-electron chi connectivity index (χ1n) is 11.9. The second kappa shape index (κ2) is 6.97. The lowest BCUT2D eigenvalue weighted by molar-refractivity contribution is -0.126. The van der Waals surface area contributed by atoms with Gasteiger partial charge in [-0.2, -0.15) is 0 Å². The van der Waals surface area contributed by atoms with Crippen molar-refractivity contribution in [2.24, 2.45) is 28.6 Å². The fraction of sp³-hybridized carbons (Fsp3) is 0.769. The van der Waals surface area contributed by atoms with E-state index in [0.29, 0.717) is 17.8 Å². The molecule has 0 bridgehead atoms. The Morgan fingerprint density at radius 3 is 2.53 bits per heavy atom. The quantitative estimate of drug-likeness (QED) is 0.607. The van der Waals surface area contributed by atoms with E-state index in [-0.39, 0.29) is 33.8 Å². The lowest BCUT2D eigenvalue weighted by atomic mass is 9.47. The topological polar surface area (TPSA) is 55.4 Å². The van der Waals surface area contributed by atoms with Crippen LogP contribution in [0.3, 0.4) is 0 Å². The minimum Gasteiger partial charge on any atom is -0.442 e. The minimum absolute atomic E-state index is 0.0140. The van der Waals surface area contributed by atoms with Crippen molar-refractivity contribution < 1.29 is 14.3 Å². The first-order chi connectivity index (χ1) is 13.9. The van der Waals surface area contributed by atoms with Crippen LogP contribution < -0.4 is 5.32 Å². The number of carbonyl (C=O) groups is 2. The van der Waals surface area contributed by atoms with Crippen molar-refractivity contribution in [3.05, 3.63) is 23.8 Å². The Kier molecular flexibility index (Phi) is 5.03. The van der Waals surface area contributed by atoms with E-state index < -0.39 is 0 Å². The summed E-state index contributed by atoms with van der Waals surface area (Å²) in [6.07, 6.45) is 12.9. The van der Waals surface area contributed by atoms with Gasteiger partial charge >= 0.3 is 6.09 Å². The van der Waals surface area contributed by atoms with Crippen LogP contribution in [-0.2, 0) is 9.53 Å².